The van der Waals surface area contributed by atoms with E-state index in [1.807, 2.05) is 65.6 Å². The first kappa shape index (κ1) is 18.2. The fourth-order valence-corrected chi connectivity index (χ4v) is 3.72. The van der Waals surface area contributed by atoms with E-state index < -0.39 is 11.9 Å². The summed E-state index contributed by atoms with van der Waals surface area (Å²) in [6, 6.07) is 19.9. The molecule has 0 aliphatic heterocycles. The molecular weight excluding hydrogens is 326 g/mol. The number of amides is 1. The van der Waals surface area contributed by atoms with E-state index in [1.165, 1.54) is 0 Å². The van der Waals surface area contributed by atoms with Crippen molar-refractivity contribution < 1.29 is 14.7 Å². The highest BCUT2D eigenvalue weighted by atomic mass is 16.4. The number of hydrogen-bond donors (Lipinski definition) is 1. The minimum Gasteiger partial charge on any atom is -0.481 e. The third-order valence-electron chi connectivity index (χ3n) is 5.12. The fourth-order valence-electron chi connectivity index (χ4n) is 3.72. The Morgan fingerprint density at radius 3 is 1.85 bits per heavy atom. The predicted molar refractivity (Wildman–Crippen MR) is 100 cm³/mol. The van der Waals surface area contributed by atoms with E-state index in [2.05, 4.69) is 0 Å². The second-order valence-electron chi connectivity index (χ2n) is 7.06. The van der Waals surface area contributed by atoms with Crippen molar-refractivity contribution in [3.8, 4) is 0 Å². The molecule has 26 heavy (non-hydrogen) atoms. The number of aliphatic carboxylic acids is 1. The second kappa shape index (κ2) is 8.65. The van der Waals surface area contributed by atoms with Gasteiger partial charge in [-0.3, -0.25) is 9.59 Å². The Bertz CT molecular complexity index is 688. The molecule has 1 amide bonds. The van der Waals surface area contributed by atoms with E-state index >= 15 is 0 Å². The van der Waals surface area contributed by atoms with Crippen LogP contribution in [0.3, 0.4) is 0 Å². The zero-order valence-corrected chi connectivity index (χ0v) is 14.9. The smallest absolute Gasteiger partial charge is 0.306 e. The number of nitrogens with zero attached hydrogens (tertiary/aromatic N) is 1. The van der Waals surface area contributed by atoms with Crippen LogP contribution in [0.25, 0.3) is 0 Å². The molecule has 2 atom stereocenters. The van der Waals surface area contributed by atoms with Gasteiger partial charge in [0.1, 0.15) is 0 Å². The summed E-state index contributed by atoms with van der Waals surface area (Å²) in [5.41, 5.74) is 2.17. The lowest BCUT2D eigenvalue weighted by molar-refractivity contribution is -0.145. The Hall–Kier alpha value is -2.62. The average Bonchev–Trinajstić information content (AvgIpc) is 2.68. The first-order valence-electron chi connectivity index (χ1n) is 9.23. The van der Waals surface area contributed by atoms with E-state index in [1.54, 1.807) is 0 Å². The van der Waals surface area contributed by atoms with Gasteiger partial charge >= 0.3 is 5.97 Å². The molecule has 136 valence electrons. The third kappa shape index (κ3) is 4.72. The molecule has 1 saturated carbocycles. The highest BCUT2D eigenvalue weighted by molar-refractivity contribution is 5.80. The van der Waals surface area contributed by atoms with Crippen LogP contribution in [0.4, 0.5) is 0 Å². The zero-order valence-electron chi connectivity index (χ0n) is 14.9. The van der Waals surface area contributed by atoms with Crippen molar-refractivity contribution in [3.63, 3.8) is 0 Å². The van der Waals surface area contributed by atoms with Crippen LogP contribution in [0.2, 0.25) is 0 Å². The number of rotatable bonds is 6. The first-order chi connectivity index (χ1) is 12.6. The van der Waals surface area contributed by atoms with Gasteiger partial charge in [0.15, 0.2) is 0 Å². The van der Waals surface area contributed by atoms with Crippen LogP contribution >= 0.6 is 0 Å². The van der Waals surface area contributed by atoms with Crippen molar-refractivity contribution in [2.45, 2.75) is 38.8 Å². The van der Waals surface area contributed by atoms with Crippen LogP contribution in [0, 0.1) is 11.8 Å². The van der Waals surface area contributed by atoms with E-state index in [9.17, 15) is 14.7 Å². The topological polar surface area (TPSA) is 57.6 Å². The average molecular weight is 351 g/mol. The Balaban J connectivity index is 1.77. The molecule has 1 N–H and O–H groups in total. The SMILES string of the molecule is O=C(O)C1CCCC(C(=O)N(Cc2ccccc2)Cc2ccccc2)C1. The minimum atomic E-state index is -0.778. The molecular formula is C22H25NO3. The van der Waals surface area contributed by atoms with E-state index in [4.69, 9.17) is 0 Å². The van der Waals surface area contributed by atoms with E-state index in [0.29, 0.717) is 25.9 Å². The van der Waals surface area contributed by atoms with Crippen LogP contribution in [0.5, 0.6) is 0 Å². The largest absolute Gasteiger partial charge is 0.481 e. The maximum absolute atomic E-state index is 13.2. The van der Waals surface area contributed by atoms with Crippen LogP contribution < -0.4 is 0 Å². The molecule has 0 spiro atoms. The molecule has 0 radical (unpaired) electrons. The molecule has 1 fully saturated rings. The molecule has 0 heterocycles. The molecule has 3 rings (SSSR count). The molecule has 0 aromatic heterocycles. The number of benzene rings is 2. The normalized spacial score (nSPS) is 19.7. The van der Waals surface area contributed by atoms with Gasteiger partial charge < -0.3 is 10.0 Å². The summed E-state index contributed by atoms with van der Waals surface area (Å²) in [5, 5.41) is 9.32. The quantitative estimate of drug-likeness (QED) is 0.852. The number of carboxylic acid groups (broad SMARTS) is 1. The van der Waals surface area contributed by atoms with Crippen LogP contribution in [-0.2, 0) is 22.7 Å². The third-order valence-corrected chi connectivity index (χ3v) is 5.12. The van der Waals surface area contributed by atoms with Gasteiger partial charge in [-0.1, -0.05) is 67.1 Å². The zero-order chi connectivity index (χ0) is 18.4. The van der Waals surface area contributed by atoms with Crippen molar-refractivity contribution in [2.75, 3.05) is 0 Å². The maximum atomic E-state index is 13.2. The monoisotopic (exact) mass is 351 g/mol. The second-order valence-corrected chi connectivity index (χ2v) is 7.06. The van der Waals surface area contributed by atoms with Crippen molar-refractivity contribution in [1.82, 2.24) is 4.90 Å². The molecule has 2 unspecified atom stereocenters. The molecule has 4 nitrogen and oxygen atoms in total. The van der Waals surface area contributed by atoms with Crippen molar-refractivity contribution in [1.29, 1.82) is 0 Å². The Labute approximate surface area is 154 Å². The van der Waals surface area contributed by atoms with E-state index in [0.717, 1.165) is 24.0 Å². The number of carbonyl (C=O) groups is 2. The summed E-state index contributed by atoms with van der Waals surface area (Å²) in [5.74, 6) is -1.30. The van der Waals surface area contributed by atoms with Crippen LogP contribution in [0.15, 0.2) is 60.7 Å². The number of hydrogen-bond acceptors (Lipinski definition) is 2. The van der Waals surface area contributed by atoms with Gasteiger partial charge in [-0.15, -0.1) is 0 Å². The molecule has 4 heteroatoms. The molecule has 2 aromatic carbocycles. The van der Waals surface area contributed by atoms with Crippen molar-refractivity contribution in [2.24, 2.45) is 11.8 Å². The molecule has 0 saturated heterocycles. The molecule has 2 aromatic rings. The van der Waals surface area contributed by atoms with Crippen molar-refractivity contribution in [3.05, 3.63) is 71.8 Å². The summed E-state index contributed by atoms with van der Waals surface area (Å²) < 4.78 is 0. The number of carboxylic acids is 1. The van der Waals surface area contributed by atoms with Crippen LogP contribution in [-0.4, -0.2) is 21.9 Å². The number of carbonyl (C=O) groups excluding carboxylic acids is 1. The van der Waals surface area contributed by atoms with Crippen molar-refractivity contribution >= 4 is 11.9 Å². The lowest BCUT2D eigenvalue weighted by atomic mass is 9.80. The lowest BCUT2D eigenvalue weighted by Crippen LogP contribution is -2.38. The fraction of sp³-hybridized carbons (Fsp3) is 0.364. The van der Waals surface area contributed by atoms with Gasteiger partial charge in [-0.2, -0.15) is 0 Å². The van der Waals surface area contributed by atoms with Gasteiger partial charge in [-0.05, 0) is 30.4 Å². The van der Waals surface area contributed by atoms with Gasteiger partial charge in [0.25, 0.3) is 0 Å². The van der Waals surface area contributed by atoms with Gasteiger partial charge in [0.05, 0.1) is 5.92 Å². The molecule has 0 bridgehead atoms. The summed E-state index contributed by atoms with van der Waals surface area (Å²) in [4.78, 5) is 26.4. The lowest BCUT2D eigenvalue weighted by Gasteiger charge is -2.31. The van der Waals surface area contributed by atoms with Gasteiger partial charge in [0.2, 0.25) is 5.91 Å². The summed E-state index contributed by atoms with van der Waals surface area (Å²) in [7, 11) is 0. The molecule has 1 aliphatic carbocycles. The highest BCUT2D eigenvalue weighted by Gasteiger charge is 2.33. The first-order valence-corrected chi connectivity index (χ1v) is 9.23. The Morgan fingerprint density at radius 1 is 0.846 bits per heavy atom. The standard InChI is InChI=1S/C22H25NO3/c24-21(19-12-7-13-20(14-19)22(25)26)23(15-17-8-3-1-4-9-17)16-18-10-5-2-6-11-18/h1-6,8-11,19-20H,7,12-16H2,(H,25,26). The van der Waals surface area contributed by atoms with Gasteiger partial charge in [0, 0.05) is 19.0 Å². The summed E-state index contributed by atoms with van der Waals surface area (Å²) in [6.45, 7) is 1.09. The Kier molecular flexibility index (Phi) is 6.05. The van der Waals surface area contributed by atoms with Gasteiger partial charge in [-0.25, -0.2) is 0 Å². The highest BCUT2D eigenvalue weighted by Crippen LogP contribution is 2.31. The van der Waals surface area contributed by atoms with Crippen LogP contribution in [0.1, 0.15) is 36.8 Å². The minimum absolute atomic E-state index is 0.0728. The summed E-state index contributed by atoms with van der Waals surface area (Å²) >= 11 is 0. The van der Waals surface area contributed by atoms with E-state index in [-0.39, 0.29) is 11.8 Å². The summed E-state index contributed by atoms with van der Waals surface area (Å²) in [6.07, 6.45) is 2.71. The maximum Gasteiger partial charge on any atom is 0.306 e. The molecule has 1 aliphatic rings. The Morgan fingerprint density at radius 2 is 1.35 bits per heavy atom. The predicted octanol–water partition coefficient (Wildman–Crippen LogP) is 4.11.